The van der Waals surface area contributed by atoms with Crippen molar-refractivity contribution in [3.05, 3.63) is 176 Å². The molecule has 0 amide bonds. The van der Waals surface area contributed by atoms with E-state index in [1.165, 1.54) is 53.2 Å². The van der Waals surface area contributed by atoms with E-state index in [2.05, 4.69) is 169 Å². The topological polar surface area (TPSA) is 16.4 Å². The Kier molecular flexibility index (Phi) is 6.39. The number of furan rings is 1. The van der Waals surface area contributed by atoms with E-state index in [9.17, 15) is 0 Å². The molecule has 0 saturated heterocycles. The zero-order valence-electron chi connectivity index (χ0n) is 26.5. The molecule has 0 N–H and O–H groups in total. The summed E-state index contributed by atoms with van der Waals surface area (Å²) in [6.07, 6.45) is 0. The van der Waals surface area contributed by atoms with Gasteiger partial charge in [-0.05, 0) is 88.3 Å². The monoisotopic (exact) mass is 643 g/mol. The molecule has 0 spiro atoms. The number of anilines is 3. The lowest BCUT2D eigenvalue weighted by Gasteiger charge is -2.28. The highest BCUT2D eigenvalue weighted by molar-refractivity contribution is 7.25. The van der Waals surface area contributed by atoms with Crippen LogP contribution in [0.5, 0.6) is 0 Å². The average molecular weight is 644 g/mol. The molecule has 49 heavy (non-hydrogen) atoms. The summed E-state index contributed by atoms with van der Waals surface area (Å²) in [6, 6.07) is 63.4. The number of thiophene rings is 1. The van der Waals surface area contributed by atoms with Gasteiger partial charge in [0.15, 0.2) is 0 Å². The van der Waals surface area contributed by atoms with Crippen molar-refractivity contribution in [1.82, 2.24) is 0 Å². The quantitative estimate of drug-likeness (QED) is 0.186. The van der Waals surface area contributed by atoms with Crippen molar-refractivity contribution < 1.29 is 4.42 Å². The highest BCUT2D eigenvalue weighted by Crippen LogP contribution is 2.45. The molecule has 0 saturated carbocycles. The summed E-state index contributed by atoms with van der Waals surface area (Å²) in [5.41, 5.74) is 9.99. The number of para-hydroxylation sites is 1. The second-order valence-electron chi connectivity index (χ2n) is 12.5. The van der Waals surface area contributed by atoms with Crippen molar-refractivity contribution in [3.8, 4) is 22.3 Å². The fourth-order valence-electron chi connectivity index (χ4n) is 7.34. The van der Waals surface area contributed by atoms with E-state index in [1.807, 2.05) is 23.5 Å². The molecule has 0 bridgehead atoms. The minimum Gasteiger partial charge on any atom is -0.456 e. The number of benzene rings is 8. The number of fused-ring (bicyclic) bond motifs is 7. The molecule has 3 heteroatoms. The summed E-state index contributed by atoms with van der Waals surface area (Å²) in [5, 5.41) is 7.26. The summed E-state index contributed by atoms with van der Waals surface area (Å²) in [4.78, 5) is 2.42. The van der Waals surface area contributed by atoms with Gasteiger partial charge in [0, 0.05) is 47.7 Å². The molecule has 0 aliphatic carbocycles. The minimum atomic E-state index is 0.910. The number of hydrogen-bond acceptors (Lipinski definition) is 3. The number of hydrogen-bond donors (Lipinski definition) is 0. The van der Waals surface area contributed by atoms with E-state index in [0.29, 0.717) is 0 Å². The van der Waals surface area contributed by atoms with Crippen LogP contribution in [0.4, 0.5) is 17.1 Å². The fourth-order valence-corrected chi connectivity index (χ4v) is 8.42. The molecular formula is C46H29NOS. The molecule has 0 unspecified atom stereocenters. The smallest absolute Gasteiger partial charge is 0.135 e. The van der Waals surface area contributed by atoms with Crippen molar-refractivity contribution in [2.24, 2.45) is 0 Å². The predicted molar refractivity (Wildman–Crippen MR) is 210 cm³/mol. The van der Waals surface area contributed by atoms with Gasteiger partial charge in [-0.3, -0.25) is 0 Å². The summed E-state index contributed by atoms with van der Waals surface area (Å²) in [6.45, 7) is 0. The number of rotatable bonds is 5. The van der Waals surface area contributed by atoms with Crippen LogP contribution in [-0.4, -0.2) is 0 Å². The van der Waals surface area contributed by atoms with E-state index < -0.39 is 0 Å². The molecule has 8 aromatic carbocycles. The van der Waals surface area contributed by atoms with Gasteiger partial charge in [0.05, 0.1) is 5.69 Å². The third-order valence-corrected chi connectivity index (χ3v) is 10.8. The maximum atomic E-state index is 6.16. The molecule has 0 aliphatic heterocycles. The predicted octanol–water partition coefficient (Wildman–Crippen LogP) is 13.9. The van der Waals surface area contributed by atoms with Crippen molar-refractivity contribution >= 4 is 81.3 Å². The Morgan fingerprint density at radius 3 is 1.86 bits per heavy atom. The van der Waals surface area contributed by atoms with Gasteiger partial charge >= 0.3 is 0 Å². The van der Waals surface area contributed by atoms with Crippen molar-refractivity contribution in [1.29, 1.82) is 0 Å². The van der Waals surface area contributed by atoms with E-state index in [-0.39, 0.29) is 0 Å². The van der Waals surface area contributed by atoms with Gasteiger partial charge in [-0.15, -0.1) is 11.3 Å². The van der Waals surface area contributed by atoms with Crippen molar-refractivity contribution in [2.45, 2.75) is 0 Å². The Bertz CT molecular complexity index is 2830. The Morgan fingerprint density at radius 2 is 1.00 bits per heavy atom. The summed E-state index contributed by atoms with van der Waals surface area (Å²) in [7, 11) is 0. The molecule has 0 radical (unpaired) electrons. The molecule has 0 fully saturated rings. The fraction of sp³-hybridized carbons (Fsp3) is 0. The molecule has 10 rings (SSSR count). The average Bonchev–Trinajstić information content (AvgIpc) is 3.73. The van der Waals surface area contributed by atoms with Crippen LogP contribution < -0.4 is 4.90 Å². The SMILES string of the molecule is c1ccc(-c2ccc(N(c3ccc4sc5ccccc5c4c3)c3ccc(-c4ccc5oc6ccccc6c5c4)c4ccccc34)cc2)cc1. The van der Waals surface area contributed by atoms with Crippen LogP contribution in [-0.2, 0) is 0 Å². The molecular weight excluding hydrogens is 615 g/mol. The van der Waals surface area contributed by atoms with Gasteiger partial charge < -0.3 is 9.32 Å². The lowest BCUT2D eigenvalue weighted by atomic mass is 9.95. The lowest BCUT2D eigenvalue weighted by Crippen LogP contribution is -2.10. The van der Waals surface area contributed by atoms with Gasteiger partial charge in [-0.1, -0.05) is 115 Å². The lowest BCUT2D eigenvalue weighted by molar-refractivity contribution is 0.669. The highest BCUT2D eigenvalue weighted by atomic mass is 32.1. The Labute approximate surface area is 287 Å². The molecule has 10 aromatic rings. The van der Waals surface area contributed by atoms with Gasteiger partial charge in [-0.2, -0.15) is 0 Å². The highest BCUT2D eigenvalue weighted by Gasteiger charge is 2.19. The standard InChI is InChI=1S/C46H29NOS/c1-2-10-30(11-3-1)31-18-21-33(22-19-31)47(34-23-27-46-41(29-34)39-15-7-9-17-45(39)49-46)42-25-24-35(36-12-4-5-13-37(36)42)32-20-26-44-40(28-32)38-14-6-8-16-43(38)48-44/h1-29H. The Morgan fingerprint density at radius 1 is 0.367 bits per heavy atom. The third kappa shape index (κ3) is 4.62. The normalized spacial score (nSPS) is 11.7. The minimum absolute atomic E-state index is 0.910. The van der Waals surface area contributed by atoms with E-state index >= 15 is 0 Å². The summed E-state index contributed by atoms with van der Waals surface area (Å²) in [5.74, 6) is 0. The summed E-state index contributed by atoms with van der Waals surface area (Å²) >= 11 is 1.85. The van der Waals surface area contributed by atoms with Crippen molar-refractivity contribution in [2.75, 3.05) is 4.90 Å². The maximum Gasteiger partial charge on any atom is 0.135 e. The molecule has 0 atom stereocenters. The largest absolute Gasteiger partial charge is 0.456 e. The zero-order valence-corrected chi connectivity index (χ0v) is 27.3. The third-order valence-electron chi connectivity index (χ3n) is 9.68. The second-order valence-corrected chi connectivity index (χ2v) is 13.6. The first-order chi connectivity index (χ1) is 24.3. The molecule has 2 heterocycles. The van der Waals surface area contributed by atoms with Crippen LogP contribution in [0.15, 0.2) is 180 Å². The number of nitrogens with zero attached hydrogens (tertiary/aromatic N) is 1. The summed E-state index contributed by atoms with van der Waals surface area (Å²) < 4.78 is 8.77. The van der Waals surface area contributed by atoms with Crippen LogP contribution >= 0.6 is 11.3 Å². The first kappa shape index (κ1) is 27.9. The van der Waals surface area contributed by atoms with E-state index in [0.717, 1.165) is 39.0 Å². The van der Waals surface area contributed by atoms with E-state index in [4.69, 9.17) is 4.42 Å². The maximum absolute atomic E-state index is 6.16. The van der Waals surface area contributed by atoms with Crippen LogP contribution in [0.25, 0.3) is 75.1 Å². The zero-order chi connectivity index (χ0) is 32.3. The molecule has 2 nitrogen and oxygen atoms in total. The van der Waals surface area contributed by atoms with E-state index in [1.54, 1.807) is 0 Å². The first-order valence-electron chi connectivity index (χ1n) is 16.6. The Hall–Kier alpha value is -6.16. The molecule has 2 aromatic heterocycles. The van der Waals surface area contributed by atoms with Crippen LogP contribution in [0.1, 0.15) is 0 Å². The van der Waals surface area contributed by atoms with Crippen LogP contribution in [0, 0.1) is 0 Å². The van der Waals surface area contributed by atoms with Gasteiger partial charge in [-0.25, -0.2) is 0 Å². The van der Waals surface area contributed by atoms with Gasteiger partial charge in [0.25, 0.3) is 0 Å². The molecule has 230 valence electrons. The van der Waals surface area contributed by atoms with Crippen LogP contribution in [0.2, 0.25) is 0 Å². The van der Waals surface area contributed by atoms with Crippen molar-refractivity contribution in [3.63, 3.8) is 0 Å². The van der Waals surface area contributed by atoms with Crippen LogP contribution in [0.3, 0.4) is 0 Å². The Balaban J connectivity index is 1.18. The molecule has 0 aliphatic rings. The van der Waals surface area contributed by atoms with Gasteiger partial charge in [0.2, 0.25) is 0 Å². The second kappa shape index (κ2) is 11.2. The first-order valence-corrected chi connectivity index (χ1v) is 17.4. The van der Waals surface area contributed by atoms with Gasteiger partial charge in [0.1, 0.15) is 11.2 Å².